The van der Waals surface area contributed by atoms with Crippen molar-refractivity contribution in [3.63, 3.8) is 0 Å². The molecule has 0 atom stereocenters. The summed E-state index contributed by atoms with van der Waals surface area (Å²) >= 11 is 1.73. The van der Waals surface area contributed by atoms with E-state index in [-0.39, 0.29) is 5.78 Å². The van der Waals surface area contributed by atoms with Crippen molar-refractivity contribution in [2.24, 2.45) is 0 Å². The Morgan fingerprint density at radius 2 is 1.86 bits per heavy atom. The third kappa shape index (κ3) is 1.84. The third-order valence-corrected chi connectivity index (χ3v) is 5.31. The van der Waals surface area contributed by atoms with E-state index in [9.17, 15) is 4.79 Å². The van der Waals surface area contributed by atoms with Crippen molar-refractivity contribution >= 4 is 23.2 Å². The first-order valence-corrected chi connectivity index (χ1v) is 8.01. The first-order chi connectivity index (χ1) is 10.3. The molecule has 0 fully saturated rings. The smallest absolute Gasteiger partial charge is 0.192 e. The van der Waals surface area contributed by atoms with Crippen molar-refractivity contribution in [1.82, 2.24) is 0 Å². The lowest BCUT2D eigenvalue weighted by molar-refractivity contribution is 0.103. The fourth-order valence-corrected chi connectivity index (χ4v) is 4.34. The normalized spacial score (nSPS) is 19.9. The Morgan fingerprint density at radius 1 is 1.10 bits per heavy atom. The summed E-state index contributed by atoms with van der Waals surface area (Å²) in [6.45, 7) is 3.02. The Morgan fingerprint density at radius 3 is 2.67 bits per heavy atom. The summed E-state index contributed by atoms with van der Waals surface area (Å²) < 4.78 is 0. The van der Waals surface area contributed by atoms with E-state index in [0.29, 0.717) is 0 Å². The van der Waals surface area contributed by atoms with Gasteiger partial charge in [-0.1, -0.05) is 48.2 Å². The Hall–Kier alpha value is -2.00. The molecule has 2 aliphatic rings. The molecule has 0 unspecified atom stereocenters. The van der Waals surface area contributed by atoms with E-state index in [2.05, 4.69) is 42.2 Å². The van der Waals surface area contributed by atoms with Crippen molar-refractivity contribution in [2.45, 2.75) is 18.2 Å². The number of benzene rings is 2. The van der Waals surface area contributed by atoms with Gasteiger partial charge >= 0.3 is 0 Å². The van der Waals surface area contributed by atoms with Crippen molar-refractivity contribution in [2.75, 3.05) is 11.4 Å². The van der Waals surface area contributed by atoms with Crippen LogP contribution in [0.1, 0.15) is 22.8 Å². The van der Waals surface area contributed by atoms with Crippen LogP contribution in [0.3, 0.4) is 0 Å². The molecule has 21 heavy (non-hydrogen) atoms. The zero-order valence-electron chi connectivity index (χ0n) is 11.8. The summed E-state index contributed by atoms with van der Waals surface area (Å²) in [5, 5.41) is 1.11. The fourth-order valence-electron chi connectivity index (χ4n) is 3.08. The molecule has 0 N–H and O–H groups in total. The molecule has 1 aliphatic heterocycles. The SMILES string of the molecule is CCN1C(=C2Cc3ccccc3C2=O)Sc2ccccc21. The number of fused-ring (bicyclic) bond motifs is 2. The lowest BCUT2D eigenvalue weighted by Crippen LogP contribution is -2.19. The number of hydrogen-bond donors (Lipinski definition) is 0. The number of carbonyl (C=O) groups is 1. The summed E-state index contributed by atoms with van der Waals surface area (Å²) in [7, 11) is 0. The molecule has 0 aromatic heterocycles. The van der Waals surface area contributed by atoms with Gasteiger partial charge in [-0.05, 0) is 24.6 Å². The fraction of sp³-hybridized carbons (Fsp3) is 0.167. The van der Waals surface area contributed by atoms with Crippen LogP contribution in [0, 0.1) is 0 Å². The van der Waals surface area contributed by atoms with Gasteiger partial charge in [-0.2, -0.15) is 0 Å². The molecular formula is C18H15NOS. The standard InChI is InChI=1S/C18H15NOS/c1-2-19-15-9-5-6-10-16(15)21-18(19)14-11-12-7-3-4-8-13(12)17(14)20/h3-10H,2,11H2,1H3. The van der Waals surface area contributed by atoms with E-state index in [0.717, 1.165) is 34.7 Å². The average Bonchev–Trinajstić information content (AvgIpc) is 3.05. The second-order valence-corrected chi connectivity index (χ2v) is 6.29. The van der Waals surface area contributed by atoms with Crippen LogP contribution in [0.25, 0.3) is 0 Å². The van der Waals surface area contributed by atoms with Crippen LogP contribution < -0.4 is 4.90 Å². The highest BCUT2D eigenvalue weighted by Gasteiger charge is 2.33. The monoisotopic (exact) mass is 293 g/mol. The molecule has 2 aromatic rings. The molecule has 0 amide bonds. The summed E-state index contributed by atoms with van der Waals surface area (Å²) in [6, 6.07) is 16.3. The topological polar surface area (TPSA) is 20.3 Å². The quantitative estimate of drug-likeness (QED) is 0.732. The number of nitrogens with zero attached hydrogens (tertiary/aromatic N) is 1. The molecule has 0 saturated carbocycles. The summed E-state index contributed by atoms with van der Waals surface area (Å²) in [6.07, 6.45) is 0.752. The highest BCUT2D eigenvalue weighted by molar-refractivity contribution is 8.03. The van der Waals surface area contributed by atoms with Gasteiger partial charge in [-0.3, -0.25) is 4.79 Å². The highest BCUT2D eigenvalue weighted by atomic mass is 32.2. The van der Waals surface area contributed by atoms with Crippen LogP contribution in [-0.2, 0) is 6.42 Å². The number of hydrogen-bond acceptors (Lipinski definition) is 3. The van der Waals surface area contributed by atoms with Crippen LogP contribution in [0.4, 0.5) is 5.69 Å². The molecule has 1 aliphatic carbocycles. The molecule has 2 nitrogen and oxygen atoms in total. The maximum atomic E-state index is 12.7. The van der Waals surface area contributed by atoms with Gasteiger partial charge in [0.2, 0.25) is 0 Å². The number of allylic oxidation sites excluding steroid dienone is 1. The molecule has 0 spiro atoms. The van der Waals surface area contributed by atoms with Gasteiger partial charge in [-0.15, -0.1) is 0 Å². The highest BCUT2D eigenvalue weighted by Crippen LogP contribution is 2.48. The van der Waals surface area contributed by atoms with Gasteiger partial charge in [-0.25, -0.2) is 0 Å². The number of carbonyl (C=O) groups excluding carboxylic acids is 1. The summed E-state index contributed by atoms with van der Waals surface area (Å²) in [4.78, 5) is 16.2. The number of thioether (sulfide) groups is 1. The molecule has 0 bridgehead atoms. The Labute approximate surface area is 128 Å². The third-order valence-electron chi connectivity index (χ3n) is 4.09. The number of ketones is 1. The largest absolute Gasteiger partial charge is 0.335 e. The summed E-state index contributed by atoms with van der Waals surface area (Å²) in [5.41, 5.74) is 4.18. The molecule has 0 radical (unpaired) electrons. The average molecular weight is 293 g/mol. The van der Waals surface area contributed by atoms with E-state index >= 15 is 0 Å². The Kier molecular flexibility index (Phi) is 2.89. The van der Waals surface area contributed by atoms with Gasteiger partial charge in [0, 0.05) is 29.0 Å². The molecule has 2 aromatic carbocycles. The second-order valence-electron chi connectivity index (χ2n) is 5.26. The van der Waals surface area contributed by atoms with Crippen LogP contribution in [0.5, 0.6) is 0 Å². The minimum atomic E-state index is 0.194. The van der Waals surface area contributed by atoms with Crippen molar-refractivity contribution in [3.05, 3.63) is 70.3 Å². The maximum absolute atomic E-state index is 12.7. The van der Waals surface area contributed by atoms with Gasteiger partial charge in [0.05, 0.1) is 10.7 Å². The second kappa shape index (κ2) is 4.78. The van der Waals surface area contributed by atoms with E-state index < -0.39 is 0 Å². The van der Waals surface area contributed by atoms with Crippen LogP contribution in [0.2, 0.25) is 0 Å². The van der Waals surface area contributed by atoms with Gasteiger partial charge in [0.25, 0.3) is 0 Å². The first kappa shape index (κ1) is 12.7. The van der Waals surface area contributed by atoms with Crippen molar-refractivity contribution < 1.29 is 4.79 Å². The zero-order chi connectivity index (χ0) is 14.4. The number of anilines is 1. The lowest BCUT2D eigenvalue weighted by Gasteiger charge is -2.19. The molecule has 0 saturated heterocycles. The van der Waals surface area contributed by atoms with E-state index in [1.54, 1.807) is 11.8 Å². The Balaban J connectivity index is 1.83. The van der Waals surface area contributed by atoms with Crippen LogP contribution >= 0.6 is 11.8 Å². The number of rotatable bonds is 1. The maximum Gasteiger partial charge on any atom is 0.192 e. The molecule has 104 valence electrons. The van der Waals surface area contributed by atoms with Crippen molar-refractivity contribution in [3.8, 4) is 0 Å². The number of Topliss-reactive ketones (excluding diaryl/α,β-unsaturated/α-hetero) is 1. The molecule has 1 heterocycles. The minimum absolute atomic E-state index is 0.194. The predicted octanol–water partition coefficient (Wildman–Crippen LogP) is 4.27. The lowest BCUT2D eigenvalue weighted by atomic mass is 10.1. The zero-order valence-corrected chi connectivity index (χ0v) is 12.6. The van der Waals surface area contributed by atoms with Crippen molar-refractivity contribution in [1.29, 1.82) is 0 Å². The number of para-hydroxylation sites is 1. The predicted molar refractivity (Wildman–Crippen MR) is 86.8 cm³/mol. The van der Waals surface area contributed by atoms with Gasteiger partial charge < -0.3 is 4.90 Å². The Bertz CT molecular complexity index is 778. The molecule has 4 rings (SSSR count). The van der Waals surface area contributed by atoms with Gasteiger partial charge in [0.1, 0.15) is 0 Å². The molecular weight excluding hydrogens is 278 g/mol. The van der Waals surface area contributed by atoms with Crippen LogP contribution in [-0.4, -0.2) is 12.3 Å². The minimum Gasteiger partial charge on any atom is -0.335 e. The first-order valence-electron chi connectivity index (χ1n) is 7.19. The molecule has 3 heteroatoms. The van der Waals surface area contributed by atoms with E-state index in [1.807, 2.05) is 18.2 Å². The van der Waals surface area contributed by atoms with E-state index in [1.165, 1.54) is 10.6 Å². The summed E-state index contributed by atoms with van der Waals surface area (Å²) in [5.74, 6) is 0.194. The van der Waals surface area contributed by atoms with Gasteiger partial charge in [0.15, 0.2) is 5.78 Å². The van der Waals surface area contributed by atoms with Crippen LogP contribution in [0.15, 0.2) is 64.0 Å². The van der Waals surface area contributed by atoms with E-state index in [4.69, 9.17) is 0 Å².